The Morgan fingerprint density at radius 2 is 1.69 bits per heavy atom. The van der Waals surface area contributed by atoms with Gasteiger partial charge < -0.3 is 4.74 Å². The molecule has 70 valence electrons. The summed E-state index contributed by atoms with van der Waals surface area (Å²) in [4.78, 5) is 0. The summed E-state index contributed by atoms with van der Waals surface area (Å²) in [5.74, 6) is -0.530. The minimum Gasteiger partial charge on any atom is -0.429 e. The van der Waals surface area contributed by atoms with Crippen LogP contribution in [0.5, 0.6) is 5.75 Å². The number of ether oxygens (including phenoxy) is 1. The van der Waals surface area contributed by atoms with E-state index in [0.29, 0.717) is 0 Å². The van der Waals surface area contributed by atoms with Gasteiger partial charge in [-0.25, -0.2) is 4.39 Å². The van der Waals surface area contributed by atoms with Gasteiger partial charge in [-0.3, -0.25) is 0 Å². The third-order valence-corrected chi connectivity index (χ3v) is 1.32. The molecule has 0 bridgehead atoms. The Morgan fingerprint density at radius 3 is 2.15 bits per heavy atom. The van der Waals surface area contributed by atoms with Crippen LogP contribution in [-0.2, 0) is 0 Å². The smallest absolute Gasteiger partial charge is 0.326 e. The highest BCUT2D eigenvalue weighted by Crippen LogP contribution is 2.19. The molecular formula is C8H4ClF3O. The van der Waals surface area contributed by atoms with Crippen molar-refractivity contribution in [3.05, 3.63) is 41.4 Å². The van der Waals surface area contributed by atoms with Crippen LogP contribution in [0.2, 0.25) is 0 Å². The van der Waals surface area contributed by atoms with Crippen molar-refractivity contribution >= 4 is 11.6 Å². The molecule has 0 atom stereocenters. The van der Waals surface area contributed by atoms with E-state index >= 15 is 0 Å². The summed E-state index contributed by atoms with van der Waals surface area (Å²) < 4.78 is 40.9. The molecule has 0 saturated carbocycles. The van der Waals surface area contributed by atoms with E-state index in [1.54, 1.807) is 0 Å². The van der Waals surface area contributed by atoms with Crippen LogP contribution in [0.25, 0.3) is 0 Å². The molecule has 0 spiro atoms. The molecule has 0 amide bonds. The average molecular weight is 209 g/mol. The zero-order valence-electron chi connectivity index (χ0n) is 6.23. The highest BCUT2D eigenvalue weighted by Gasteiger charge is 2.05. The quantitative estimate of drug-likeness (QED) is 0.676. The van der Waals surface area contributed by atoms with Gasteiger partial charge in [-0.1, -0.05) is 0 Å². The van der Waals surface area contributed by atoms with Crippen molar-refractivity contribution in [1.29, 1.82) is 0 Å². The van der Waals surface area contributed by atoms with Crippen molar-refractivity contribution in [3.8, 4) is 5.75 Å². The van der Waals surface area contributed by atoms with Gasteiger partial charge in [-0.05, 0) is 35.9 Å². The van der Waals surface area contributed by atoms with E-state index in [0.717, 1.165) is 24.3 Å². The molecule has 0 heterocycles. The zero-order chi connectivity index (χ0) is 9.84. The molecule has 1 aromatic carbocycles. The van der Waals surface area contributed by atoms with Gasteiger partial charge >= 0.3 is 6.01 Å². The molecule has 0 unspecified atom stereocenters. The summed E-state index contributed by atoms with van der Waals surface area (Å²) in [6.07, 6.45) is 0. The van der Waals surface area contributed by atoms with E-state index in [4.69, 9.17) is 0 Å². The molecule has 0 fully saturated rings. The molecule has 0 aliphatic carbocycles. The van der Waals surface area contributed by atoms with Crippen molar-refractivity contribution in [2.24, 2.45) is 0 Å². The topological polar surface area (TPSA) is 9.23 Å². The van der Waals surface area contributed by atoms with E-state index in [9.17, 15) is 13.2 Å². The maximum atomic E-state index is 12.4. The summed E-state index contributed by atoms with van der Waals surface area (Å²) in [7, 11) is 0. The Bertz CT molecular complexity index is 317. The monoisotopic (exact) mass is 208 g/mol. The van der Waals surface area contributed by atoms with Crippen LogP contribution in [0, 0.1) is 5.82 Å². The fraction of sp³-hybridized carbons (Fsp3) is 0. The maximum Gasteiger partial charge on any atom is 0.326 e. The first kappa shape index (κ1) is 9.92. The maximum absolute atomic E-state index is 12.4. The second-order valence-electron chi connectivity index (χ2n) is 2.09. The van der Waals surface area contributed by atoms with Crippen molar-refractivity contribution in [3.63, 3.8) is 0 Å². The second-order valence-corrected chi connectivity index (χ2v) is 2.42. The lowest BCUT2D eigenvalue weighted by molar-refractivity contribution is 0.285. The number of hydrogen-bond donors (Lipinski definition) is 0. The normalized spacial score (nSPS) is 12.3. The minimum absolute atomic E-state index is 0.0327. The molecule has 0 aromatic heterocycles. The van der Waals surface area contributed by atoms with Gasteiger partial charge in [-0.15, -0.1) is 0 Å². The van der Waals surface area contributed by atoms with Gasteiger partial charge in [0.2, 0.25) is 0 Å². The number of benzene rings is 1. The summed E-state index contributed by atoms with van der Waals surface area (Å²) >= 11 is 4.65. The summed E-state index contributed by atoms with van der Waals surface area (Å²) in [6.45, 7) is 0. The van der Waals surface area contributed by atoms with Gasteiger partial charge in [0, 0.05) is 0 Å². The first-order valence-electron chi connectivity index (χ1n) is 3.24. The van der Waals surface area contributed by atoms with E-state index in [1.165, 1.54) is 0 Å². The van der Waals surface area contributed by atoms with Crippen molar-refractivity contribution < 1.29 is 17.9 Å². The molecule has 13 heavy (non-hydrogen) atoms. The fourth-order valence-electron chi connectivity index (χ4n) is 0.645. The second kappa shape index (κ2) is 4.18. The van der Waals surface area contributed by atoms with Crippen LogP contribution >= 0.6 is 11.6 Å². The minimum atomic E-state index is -1.58. The van der Waals surface area contributed by atoms with Crippen LogP contribution in [-0.4, -0.2) is 0 Å². The summed E-state index contributed by atoms with van der Waals surface area (Å²) in [6, 6.07) is 2.85. The van der Waals surface area contributed by atoms with Gasteiger partial charge in [0.15, 0.2) is 0 Å². The first-order chi connectivity index (χ1) is 6.09. The molecule has 1 rings (SSSR count). The lowest BCUT2D eigenvalue weighted by Crippen LogP contribution is -1.89. The van der Waals surface area contributed by atoms with Crippen LogP contribution < -0.4 is 4.74 Å². The molecule has 0 saturated heterocycles. The van der Waals surface area contributed by atoms with Crippen molar-refractivity contribution in [2.75, 3.05) is 0 Å². The van der Waals surface area contributed by atoms with Crippen LogP contribution in [0.4, 0.5) is 13.2 Å². The molecule has 1 nitrogen and oxygen atoms in total. The lowest BCUT2D eigenvalue weighted by atomic mass is 10.3. The Balaban J connectivity index is 2.76. The summed E-state index contributed by atoms with van der Waals surface area (Å²) in [5, 5.41) is -1.58. The predicted octanol–water partition coefficient (Wildman–Crippen LogP) is 3.51. The Hall–Kier alpha value is -1.16. The predicted molar refractivity (Wildman–Crippen MR) is 42.1 cm³/mol. The van der Waals surface area contributed by atoms with Gasteiger partial charge in [0.05, 0.1) is 0 Å². The van der Waals surface area contributed by atoms with Crippen LogP contribution in [0.15, 0.2) is 35.6 Å². The Labute approximate surface area is 77.4 Å². The fourth-order valence-corrected chi connectivity index (χ4v) is 0.683. The average Bonchev–Trinajstić information content (AvgIpc) is 2.08. The molecular weight excluding hydrogens is 205 g/mol. The lowest BCUT2D eigenvalue weighted by Gasteiger charge is -2.00. The Morgan fingerprint density at radius 1 is 1.15 bits per heavy atom. The molecule has 0 N–H and O–H groups in total. The highest BCUT2D eigenvalue weighted by atomic mass is 35.5. The standard InChI is InChI=1S/C8H4ClF3O/c9-7(11)8(12)13-6-3-1-5(10)2-4-6/h1-4H/b8-7-. The van der Waals surface area contributed by atoms with Crippen LogP contribution in [0.1, 0.15) is 0 Å². The highest BCUT2D eigenvalue weighted by molar-refractivity contribution is 6.28. The number of rotatable bonds is 2. The van der Waals surface area contributed by atoms with Crippen molar-refractivity contribution in [1.82, 2.24) is 0 Å². The molecule has 5 heteroatoms. The van der Waals surface area contributed by atoms with Gasteiger partial charge in [0.25, 0.3) is 5.29 Å². The first-order valence-corrected chi connectivity index (χ1v) is 3.61. The number of hydrogen-bond acceptors (Lipinski definition) is 1. The van der Waals surface area contributed by atoms with Gasteiger partial charge in [0.1, 0.15) is 11.6 Å². The number of halogens is 4. The largest absolute Gasteiger partial charge is 0.429 e. The molecule has 0 aliphatic heterocycles. The molecule has 0 radical (unpaired) electrons. The van der Waals surface area contributed by atoms with Crippen LogP contribution in [0.3, 0.4) is 0 Å². The third-order valence-electron chi connectivity index (χ3n) is 1.17. The molecule has 0 aliphatic rings. The van der Waals surface area contributed by atoms with E-state index in [2.05, 4.69) is 16.3 Å². The van der Waals surface area contributed by atoms with E-state index < -0.39 is 17.1 Å². The third kappa shape index (κ3) is 2.99. The SMILES string of the molecule is F/C(Cl)=C(/F)Oc1ccc(F)cc1. The van der Waals surface area contributed by atoms with E-state index in [-0.39, 0.29) is 5.75 Å². The molecule has 1 aromatic rings. The van der Waals surface area contributed by atoms with Crippen molar-refractivity contribution in [2.45, 2.75) is 0 Å². The zero-order valence-corrected chi connectivity index (χ0v) is 6.99. The summed E-state index contributed by atoms with van der Waals surface area (Å²) in [5.41, 5.74) is 0. The van der Waals surface area contributed by atoms with E-state index in [1.807, 2.05) is 0 Å². The van der Waals surface area contributed by atoms with Gasteiger partial charge in [-0.2, -0.15) is 8.78 Å². The Kier molecular flexibility index (Phi) is 3.19.